The molecule has 0 spiro atoms. The maximum Gasteiger partial charge on any atom is 0.315 e. The summed E-state index contributed by atoms with van der Waals surface area (Å²) in [6, 6.07) is 9.72. The normalized spacial score (nSPS) is 9.81. The van der Waals surface area contributed by atoms with E-state index in [1.807, 2.05) is 37.3 Å². The van der Waals surface area contributed by atoms with Crippen LogP contribution in [0.1, 0.15) is 12.5 Å². The lowest BCUT2D eigenvalue weighted by molar-refractivity contribution is 0.240. The number of urea groups is 1. The predicted octanol–water partition coefficient (Wildman–Crippen LogP) is 1.10. The second-order valence-electron chi connectivity index (χ2n) is 3.45. The van der Waals surface area contributed by atoms with Gasteiger partial charge in [0.2, 0.25) is 0 Å². The largest absolute Gasteiger partial charge is 0.337 e. The highest BCUT2D eigenvalue weighted by Crippen LogP contribution is 1.96. The molecular formula is C12H19N3O. The molecule has 2 amide bonds. The molecule has 0 heterocycles. The fraction of sp³-hybridized carbons (Fsp3) is 0.417. The molecule has 0 aliphatic carbocycles. The van der Waals surface area contributed by atoms with Crippen molar-refractivity contribution in [3.63, 3.8) is 0 Å². The van der Waals surface area contributed by atoms with Crippen molar-refractivity contribution in [2.75, 3.05) is 19.6 Å². The van der Waals surface area contributed by atoms with E-state index in [1.54, 1.807) is 0 Å². The highest BCUT2D eigenvalue weighted by molar-refractivity contribution is 5.73. The fourth-order valence-electron chi connectivity index (χ4n) is 1.28. The molecule has 0 aliphatic rings. The maximum absolute atomic E-state index is 11.3. The van der Waals surface area contributed by atoms with E-state index in [0.29, 0.717) is 13.1 Å². The quantitative estimate of drug-likeness (QED) is 0.630. The van der Waals surface area contributed by atoms with E-state index >= 15 is 0 Å². The molecule has 16 heavy (non-hydrogen) atoms. The molecule has 1 aromatic carbocycles. The van der Waals surface area contributed by atoms with Crippen LogP contribution >= 0.6 is 0 Å². The minimum absolute atomic E-state index is 0.123. The van der Waals surface area contributed by atoms with Gasteiger partial charge < -0.3 is 16.0 Å². The average Bonchev–Trinajstić information content (AvgIpc) is 2.33. The van der Waals surface area contributed by atoms with Gasteiger partial charge in [0.1, 0.15) is 0 Å². The Kier molecular flexibility index (Phi) is 6.03. The lowest BCUT2D eigenvalue weighted by atomic mass is 10.2. The van der Waals surface area contributed by atoms with E-state index in [4.69, 9.17) is 0 Å². The number of carbonyl (C=O) groups is 1. The van der Waals surface area contributed by atoms with Crippen molar-refractivity contribution in [3.05, 3.63) is 35.9 Å². The number of nitrogens with one attached hydrogen (secondary N) is 3. The lowest BCUT2D eigenvalue weighted by Gasteiger charge is -2.07. The van der Waals surface area contributed by atoms with Crippen LogP contribution < -0.4 is 16.0 Å². The number of likely N-dealkylation sites (N-methyl/N-ethyl adjacent to an activating group) is 1. The summed E-state index contributed by atoms with van der Waals surface area (Å²) in [7, 11) is 0. The van der Waals surface area contributed by atoms with Gasteiger partial charge in [-0.15, -0.1) is 0 Å². The van der Waals surface area contributed by atoms with Gasteiger partial charge in [0.15, 0.2) is 0 Å². The third-order valence-electron chi connectivity index (χ3n) is 2.13. The summed E-state index contributed by atoms with van der Waals surface area (Å²) in [5.74, 6) is 0. The molecule has 0 saturated carbocycles. The summed E-state index contributed by atoms with van der Waals surface area (Å²) in [6.45, 7) is 4.97. The molecule has 4 nitrogen and oxygen atoms in total. The molecule has 0 aliphatic heterocycles. The van der Waals surface area contributed by atoms with Gasteiger partial charge in [-0.25, -0.2) is 4.79 Å². The van der Waals surface area contributed by atoms with Crippen LogP contribution in [0.15, 0.2) is 30.3 Å². The van der Waals surface area contributed by atoms with Gasteiger partial charge in [-0.2, -0.15) is 0 Å². The first-order valence-electron chi connectivity index (χ1n) is 5.59. The highest BCUT2D eigenvalue weighted by atomic mass is 16.2. The SMILES string of the molecule is CCNCCNC(=O)NCc1ccccc1. The molecule has 1 rings (SSSR count). The summed E-state index contributed by atoms with van der Waals surface area (Å²) < 4.78 is 0. The molecule has 0 radical (unpaired) electrons. The van der Waals surface area contributed by atoms with Crippen molar-refractivity contribution in [3.8, 4) is 0 Å². The van der Waals surface area contributed by atoms with Gasteiger partial charge in [0.25, 0.3) is 0 Å². The Morgan fingerprint density at radius 1 is 1.12 bits per heavy atom. The standard InChI is InChI=1S/C12H19N3O/c1-2-13-8-9-14-12(16)15-10-11-6-4-3-5-7-11/h3-7,13H,2,8-10H2,1H3,(H2,14,15,16). The van der Waals surface area contributed by atoms with Gasteiger partial charge in [-0.1, -0.05) is 37.3 Å². The number of hydrogen-bond acceptors (Lipinski definition) is 2. The molecule has 0 saturated heterocycles. The summed E-state index contributed by atoms with van der Waals surface area (Å²) in [6.07, 6.45) is 0. The molecule has 0 bridgehead atoms. The van der Waals surface area contributed by atoms with E-state index in [-0.39, 0.29) is 6.03 Å². The van der Waals surface area contributed by atoms with Crippen LogP contribution in [-0.4, -0.2) is 25.7 Å². The Bertz CT molecular complexity index is 300. The summed E-state index contributed by atoms with van der Waals surface area (Å²) in [4.78, 5) is 11.3. The topological polar surface area (TPSA) is 53.2 Å². The number of hydrogen-bond donors (Lipinski definition) is 3. The Morgan fingerprint density at radius 2 is 1.88 bits per heavy atom. The molecule has 88 valence electrons. The fourth-order valence-corrected chi connectivity index (χ4v) is 1.28. The summed E-state index contributed by atoms with van der Waals surface area (Å²) >= 11 is 0. The average molecular weight is 221 g/mol. The van der Waals surface area contributed by atoms with Crippen molar-refractivity contribution in [1.29, 1.82) is 0 Å². The highest BCUT2D eigenvalue weighted by Gasteiger charge is 1.98. The first kappa shape index (κ1) is 12.5. The third kappa shape index (κ3) is 5.36. The number of benzene rings is 1. The second-order valence-corrected chi connectivity index (χ2v) is 3.45. The van der Waals surface area contributed by atoms with Gasteiger partial charge in [-0.05, 0) is 12.1 Å². The summed E-state index contributed by atoms with van der Waals surface area (Å²) in [5, 5.41) is 8.71. The zero-order valence-corrected chi connectivity index (χ0v) is 9.62. The van der Waals surface area contributed by atoms with E-state index < -0.39 is 0 Å². The zero-order valence-electron chi connectivity index (χ0n) is 9.62. The first-order chi connectivity index (χ1) is 7.83. The zero-order chi connectivity index (χ0) is 11.6. The number of rotatable bonds is 6. The molecule has 4 heteroatoms. The van der Waals surface area contributed by atoms with Gasteiger partial charge in [0, 0.05) is 19.6 Å². The molecule has 1 aromatic rings. The van der Waals surface area contributed by atoms with Crippen molar-refractivity contribution in [2.45, 2.75) is 13.5 Å². The van der Waals surface area contributed by atoms with Crippen LogP contribution in [0.25, 0.3) is 0 Å². The van der Waals surface area contributed by atoms with Crippen LogP contribution in [0.2, 0.25) is 0 Å². The monoisotopic (exact) mass is 221 g/mol. The minimum Gasteiger partial charge on any atom is -0.337 e. The number of amides is 2. The second kappa shape index (κ2) is 7.70. The van der Waals surface area contributed by atoms with E-state index in [0.717, 1.165) is 18.7 Å². The molecular weight excluding hydrogens is 202 g/mol. The Balaban J connectivity index is 2.11. The van der Waals surface area contributed by atoms with E-state index in [2.05, 4.69) is 16.0 Å². The Hall–Kier alpha value is -1.55. The van der Waals surface area contributed by atoms with Gasteiger partial charge in [-0.3, -0.25) is 0 Å². The molecule has 0 fully saturated rings. The smallest absolute Gasteiger partial charge is 0.315 e. The van der Waals surface area contributed by atoms with Crippen molar-refractivity contribution in [2.24, 2.45) is 0 Å². The molecule has 0 atom stereocenters. The van der Waals surface area contributed by atoms with Crippen LogP contribution in [0.3, 0.4) is 0 Å². The van der Waals surface area contributed by atoms with Crippen LogP contribution in [0, 0.1) is 0 Å². The predicted molar refractivity (Wildman–Crippen MR) is 65.2 cm³/mol. The van der Waals surface area contributed by atoms with Crippen molar-refractivity contribution in [1.82, 2.24) is 16.0 Å². The third-order valence-corrected chi connectivity index (χ3v) is 2.13. The first-order valence-corrected chi connectivity index (χ1v) is 5.59. The number of carbonyl (C=O) groups excluding carboxylic acids is 1. The van der Waals surface area contributed by atoms with Gasteiger partial charge in [0.05, 0.1) is 0 Å². The molecule has 0 aromatic heterocycles. The Morgan fingerprint density at radius 3 is 2.56 bits per heavy atom. The van der Waals surface area contributed by atoms with E-state index in [1.165, 1.54) is 0 Å². The van der Waals surface area contributed by atoms with Crippen LogP contribution in [0.5, 0.6) is 0 Å². The van der Waals surface area contributed by atoms with Crippen molar-refractivity contribution >= 4 is 6.03 Å². The lowest BCUT2D eigenvalue weighted by Crippen LogP contribution is -2.38. The maximum atomic E-state index is 11.3. The Labute approximate surface area is 96.4 Å². The van der Waals surface area contributed by atoms with Crippen LogP contribution in [-0.2, 0) is 6.54 Å². The summed E-state index contributed by atoms with van der Waals surface area (Å²) in [5.41, 5.74) is 1.10. The van der Waals surface area contributed by atoms with Crippen molar-refractivity contribution < 1.29 is 4.79 Å². The van der Waals surface area contributed by atoms with Crippen LogP contribution in [0.4, 0.5) is 4.79 Å². The van der Waals surface area contributed by atoms with Gasteiger partial charge >= 0.3 is 6.03 Å². The van der Waals surface area contributed by atoms with E-state index in [9.17, 15) is 4.79 Å². The molecule has 0 unspecified atom stereocenters. The molecule has 3 N–H and O–H groups in total. The minimum atomic E-state index is -0.123.